The monoisotopic (exact) mass is 299 g/mol. The lowest BCUT2D eigenvalue weighted by Gasteiger charge is -2.09. The Kier molecular flexibility index (Phi) is 5.46. The summed E-state index contributed by atoms with van der Waals surface area (Å²) in [5.41, 5.74) is 0.183. The lowest BCUT2D eigenvalue weighted by molar-refractivity contribution is 0.204. The maximum atomic E-state index is 13.5. The Morgan fingerprint density at radius 3 is 2.61 bits per heavy atom. The molecule has 8 heteroatoms. The standard InChI is InChI=1S/C10H12ClF2NO3S/c1-17-3-2-14-18(15,16)9-5-7(6-11)4-8(12)10(9)13/h4-5,14H,2-3,6H2,1H3. The van der Waals surface area contributed by atoms with Crippen LogP contribution in [0.4, 0.5) is 8.78 Å². The Morgan fingerprint density at radius 2 is 2.06 bits per heavy atom. The van der Waals surface area contributed by atoms with Gasteiger partial charge in [-0.25, -0.2) is 21.9 Å². The van der Waals surface area contributed by atoms with Gasteiger partial charge in [-0.1, -0.05) is 0 Å². The highest BCUT2D eigenvalue weighted by Gasteiger charge is 2.22. The van der Waals surface area contributed by atoms with Crippen molar-refractivity contribution in [1.29, 1.82) is 0 Å². The third-order valence-corrected chi connectivity index (χ3v) is 3.87. The molecular formula is C10H12ClF2NO3S. The van der Waals surface area contributed by atoms with Crippen LogP contribution in [-0.2, 0) is 20.6 Å². The van der Waals surface area contributed by atoms with Crippen molar-refractivity contribution in [3.8, 4) is 0 Å². The van der Waals surface area contributed by atoms with Gasteiger partial charge in [0.2, 0.25) is 10.0 Å². The molecular weight excluding hydrogens is 288 g/mol. The van der Waals surface area contributed by atoms with Crippen LogP contribution in [-0.4, -0.2) is 28.7 Å². The second kappa shape index (κ2) is 6.42. The van der Waals surface area contributed by atoms with Crippen LogP contribution in [0.15, 0.2) is 17.0 Å². The molecule has 1 rings (SSSR count). The van der Waals surface area contributed by atoms with Gasteiger partial charge in [-0.2, -0.15) is 0 Å². The maximum absolute atomic E-state index is 13.5. The van der Waals surface area contributed by atoms with E-state index in [0.29, 0.717) is 0 Å². The van der Waals surface area contributed by atoms with Crippen molar-refractivity contribution in [1.82, 2.24) is 4.72 Å². The number of ether oxygens (including phenoxy) is 1. The van der Waals surface area contributed by atoms with Gasteiger partial charge in [0.05, 0.1) is 6.61 Å². The molecule has 0 spiro atoms. The van der Waals surface area contributed by atoms with Crippen LogP contribution in [0.1, 0.15) is 5.56 Å². The zero-order valence-corrected chi connectivity index (χ0v) is 11.1. The molecule has 0 radical (unpaired) electrons. The van der Waals surface area contributed by atoms with Gasteiger partial charge in [0.15, 0.2) is 11.6 Å². The molecule has 0 aromatic heterocycles. The average Bonchev–Trinajstić information content (AvgIpc) is 2.32. The van der Waals surface area contributed by atoms with Gasteiger partial charge < -0.3 is 4.74 Å². The van der Waals surface area contributed by atoms with Gasteiger partial charge in [-0.05, 0) is 17.7 Å². The molecule has 0 saturated heterocycles. The van der Waals surface area contributed by atoms with E-state index in [2.05, 4.69) is 9.46 Å². The van der Waals surface area contributed by atoms with E-state index in [-0.39, 0.29) is 24.6 Å². The molecule has 0 atom stereocenters. The Bertz CT molecular complexity index is 522. The Balaban J connectivity index is 3.11. The molecule has 0 bridgehead atoms. The molecule has 4 nitrogen and oxygen atoms in total. The predicted octanol–water partition coefficient (Wildman–Crippen LogP) is 1.63. The summed E-state index contributed by atoms with van der Waals surface area (Å²) < 4.78 is 56.9. The quantitative estimate of drug-likeness (QED) is 0.641. The van der Waals surface area contributed by atoms with Crippen LogP contribution in [0.3, 0.4) is 0 Å². The largest absolute Gasteiger partial charge is 0.383 e. The number of hydrogen-bond acceptors (Lipinski definition) is 3. The number of benzene rings is 1. The average molecular weight is 300 g/mol. The van der Waals surface area contributed by atoms with E-state index in [1.165, 1.54) is 7.11 Å². The summed E-state index contributed by atoms with van der Waals surface area (Å²) in [4.78, 5) is -0.755. The first-order valence-electron chi connectivity index (χ1n) is 4.95. The number of alkyl halides is 1. The van der Waals surface area contributed by atoms with Gasteiger partial charge in [-0.3, -0.25) is 0 Å². The fourth-order valence-electron chi connectivity index (χ4n) is 1.25. The van der Waals surface area contributed by atoms with Gasteiger partial charge in [0.1, 0.15) is 4.90 Å². The smallest absolute Gasteiger partial charge is 0.243 e. The van der Waals surface area contributed by atoms with Crippen LogP contribution in [0.5, 0.6) is 0 Å². The summed E-state index contributed by atoms with van der Waals surface area (Å²) in [7, 11) is -2.73. The number of nitrogens with one attached hydrogen (secondary N) is 1. The molecule has 0 heterocycles. The van der Waals surface area contributed by atoms with Crippen LogP contribution >= 0.6 is 11.6 Å². The van der Waals surface area contributed by atoms with Crippen LogP contribution < -0.4 is 4.72 Å². The van der Waals surface area contributed by atoms with E-state index in [9.17, 15) is 17.2 Å². The van der Waals surface area contributed by atoms with Crippen LogP contribution in [0.2, 0.25) is 0 Å². The first-order chi connectivity index (χ1) is 8.42. The minimum atomic E-state index is -4.12. The minimum Gasteiger partial charge on any atom is -0.383 e. The van der Waals surface area contributed by atoms with Crippen molar-refractivity contribution in [3.63, 3.8) is 0 Å². The summed E-state index contributed by atoms with van der Waals surface area (Å²) in [6.07, 6.45) is 0. The fourth-order valence-corrected chi connectivity index (χ4v) is 2.55. The molecule has 102 valence electrons. The third kappa shape index (κ3) is 3.61. The Hall–Kier alpha value is -0.760. The highest BCUT2D eigenvalue weighted by Crippen LogP contribution is 2.20. The number of hydrogen-bond donors (Lipinski definition) is 1. The second-order valence-corrected chi connectivity index (χ2v) is 5.42. The first kappa shape index (κ1) is 15.3. The predicted molar refractivity (Wildman–Crippen MR) is 63.0 cm³/mol. The van der Waals surface area contributed by atoms with Gasteiger partial charge in [-0.15, -0.1) is 11.6 Å². The molecule has 0 aliphatic heterocycles. The van der Waals surface area contributed by atoms with Gasteiger partial charge in [0, 0.05) is 19.5 Å². The molecule has 0 saturated carbocycles. The number of rotatable bonds is 6. The number of methoxy groups -OCH3 is 1. The molecule has 18 heavy (non-hydrogen) atoms. The molecule has 0 fully saturated rings. The summed E-state index contributed by atoms with van der Waals surface area (Å²) in [6, 6.07) is 1.86. The lowest BCUT2D eigenvalue weighted by atomic mass is 10.2. The summed E-state index contributed by atoms with van der Waals surface area (Å²) in [6.45, 7) is 0.0868. The van der Waals surface area contributed by atoms with Crippen LogP contribution in [0, 0.1) is 11.6 Å². The van der Waals surface area contributed by atoms with Crippen molar-refractivity contribution in [3.05, 3.63) is 29.3 Å². The fraction of sp³-hybridized carbons (Fsp3) is 0.400. The molecule has 1 N–H and O–H groups in total. The number of sulfonamides is 1. The van der Waals surface area contributed by atoms with Gasteiger partial charge >= 0.3 is 0 Å². The van der Waals surface area contributed by atoms with E-state index in [1.807, 2.05) is 0 Å². The second-order valence-electron chi connectivity index (χ2n) is 3.41. The summed E-state index contributed by atoms with van der Waals surface area (Å²) in [5, 5.41) is 0. The minimum absolute atomic E-state index is 0.0367. The highest BCUT2D eigenvalue weighted by molar-refractivity contribution is 7.89. The third-order valence-electron chi connectivity index (χ3n) is 2.10. The molecule has 0 unspecified atom stereocenters. The van der Waals surface area contributed by atoms with Crippen LogP contribution in [0.25, 0.3) is 0 Å². The van der Waals surface area contributed by atoms with E-state index >= 15 is 0 Å². The SMILES string of the molecule is COCCNS(=O)(=O)c1cc(CCl)cc(F)c1F. The van der Waals surface area contributed by atoms with E-state index in [4.69, 9.17) is 11.6 Å². The zero-order valence-electron chi connectivity index (χ0n) is 9.54. The molecule has 1 aromatic rings. The highest BCUT2D eigenvalue weighted by atomic mass is 35.5. The molecule has 0 aliphatic rings. The van der Waals surface area contributed by atoms with Crippen molar-refractivity contribution in [2.24, 2.45) is 0 Å². The normalized spacial score (nSPS) is 11.8. The van der Waals surface area contributed by atoms with Crippen molar-refractivity contribution < 1.29 is 21.9 Å². The van der Waals surface area contributed by atoms with Crippen molar-refractivity contribution >= 4 is 21.6 Å². The maximum Gasteiger partial charge on any atom is 0.243 e. The van der Waals surface area contributed by atoms with Crippen molar-refractivity contribution in [2.45, 2.75) is 10.8 Å². The van der Waals surface area contributed by atoms with Crippen molar-refractivity contribution in [2.75, 3.05) is 20.3 Å². The molecule has 0 aliphatic carbocycles. The summed E-state index contributed by atoms with van der Waals surface area (Å²) >= 11 is 5.48. The van der Waals surface area contributed by atoms with E-state index in [1.54, 1.807) is 0 Å². The van der Waals surface area contributed by atoms with E-state index in [0.717, 1.165) is 12.1 Å². The number of halogens is 3. The zero-order chi connectivity index (χ0) is 13.8. The lowest BCUT2D eigenvalue weighted by Crippen LogP contribution is -2.28. The Labute approximate surface area is 109 Å². The molecule has 0 amide bonds. The Morgan fingerprint density at radius 1 is 1.39 bits per heavy atom. The summed E-state index contributed by atoms with van der Waals surface area (Å²) in [5.74, 6) is -2.79. The molecule has 1 aromatic carbocycles. The van der Waals surface area contributed by atoms with E-state index < -0.39 is 26.6 Å². The topological polar surface area (TPSA) is 55.4 Å². The first-order valence-corrected chi connectivity index (χ1v) is 6.96. The van der Waals surface area contributed by atoms with Gasteiger partial charge in [0.25, 0.3) is 0 Å².